The van der Waals surface area contributed by atoms with Gasteiger partial charge in [-0.2, -0.15) is 0 Å². The highest BCUT2D eigenvalue weighted by atomic mass is 35.5. The molecule has 1 aromatic carbocycles. The Labute approximate surface area is 191 Å². The van der Waals surface area contributed by atoms with Crippen molar-refractivity contribution in [2.45, 2.75) is 51.1 Å². The van der Waals surface area contributed by atoms with E-state index in [0.717, 1.165) is 37.3 Å². The molecule has 0 radical (unpaired) electrons. The van der Waals surface area contributed by atoms with E-state index in [-0.39, 0.29) is 23.6 Å². The highest BCUT2D eigenvalue weighted by Gasteiger charge is 2.39. The number of carbonyl (C=O) groups is 1. The lowest BCUT2D eigenvalue weighted by Crippen LogP contribution is -2.45. The van der Waals surface area contributed by atoms with Crippen molar-refractivity contribution in [1.82, 2.24) is 15.3 Å². The molecule has 4 rings (SSSR count). The van der Waals surface area contributed by atoms with Crippen LogP contribution in [0.3, 0.4) is 0 Å². The molecule has 1 saturated heterocycles. The second-order valence-corrected chi connectivity index (χ2v) is 9.22. The number of halogens is 2. The number of nitrogens with zero attached hydrogens (tertiary/aromatic N) is 2. The van der Waals surface area contributed by atoms with Gasteiger partial charge in [0, 0.05) is 31.9 Å². The van der Waals surface area contributed by atoms with E-state index in [4.69, 9.17) is 21.3 Å². The Morgan fingerprint density at radius 3 is 2.91 bits per heavy atom. The minimum absolute atomic E-state index is 0.00235. The standard InChI is InChI=1S/C23H28ClFN4O3/c1-23(21(31)28-20(13-30)14-2-3-17(24)18(25)10-14)7-4-15-12-26-22(29-19(15)11-23)27-16-5-8-32-9-6-16/h2-3,10,12,16,20,30H,4-9,11,13H2,1H3,(H,28,31)(H,26,27,29). The zero-order valence-electron chi connectivity index (χ0n) is 18.0. The summed E-state index contributed by atoms with van der Waals surface area (Å²) in [5, 5.41) is 16.1. The van der Waals surface area contributed by atoms with Crippen molar-refractivity contribution >= 4 is 23.5 Å². The molecule has 0 spiro atoms. The molecule has 32 heavy (non-hydrogen) atoms. The number of aromatic nitrogens is 2. The fourth-order valence-corrected chi connectivity index (χ4v) is 4.37. The van der Waals surface area contributed by atoms with Gasteiger partial charge in [0.2, 0.25) is 11.9 Å². The topological polar surface area (TPSA) is 96.4 Å². The van der Waals surface area contributed by atoms with Crippen molar-refractivity contribution in [1.29, 1.82) is 0 Å². The molecule has 2 unspecified atom stereocenters. The quantitative estimate of drug-likeness (QED) is 0.610. The average molecular weight is 463 g/mol. The minimum atomic E-state index is -0.719. The van der Waals surface area contributed by atoms with Gasteiger partial charge in [-0.25, -0.2) is 14.4 Å². The number of hydrogen-bond donors (Lipinski definition) is 3. The van der Waals surface area contributed by atoms with Crippen LogP contribution < -0.4 is 10.6 Å². The summed E-state index contributed by atoms with van der Waals surface area (Å²) < 4.78 is 19.3. The summed E-state index contributed by atoms with van der Waals surface area (Å²) in [4.78, 5) is 22.4. The first kappa shape index (κ1) is 22.9. The van der Waals surface area contributed by atoms with Crippen LogP contribution in [0.2, 0.25) is 5.02 Å². The molecular weight excluding hydrogens is 435 g/mol. The summed E-state index contributed by atoms with van der Waals surface area (Å²) in [6.45, 7) is 3.01. The Bertz CT molecular complexity index is 986. The highest BCUT2D eigenvalue weighted by molar-refractivity contribution is 6.30. The van der Waals surface area contributed by atoms with Crippen LogP contribution in [0.15, 0.2) is 24.4 Å². The molecule has 2 aliphatic rings. The summed E-state index contributed by atoms with van der Waals surface area (Å²) >= 11 is 5.75. The maximum absolute atomic E-state index is 13.9. The van der Waals surface area contributed by atoms with Gasteiger partial charge in [0.25, 0.3) is 0 Å². The lowest BCUT2D eigenvalue weighted by Gasteiger charge is -2.34. The molecule has 3 N–H and O–H groups in total. The van der Waals surface area contributed by atoms with Crippen molar-refractivity contribution in [2.75, 3.05) is 25.1 Å². The van der Waals surface area contributed by atoms with Crippen LogP contribution in [0.5, 0.6) is 0 Å². The van der Waals surface area contributed by atoms with Crippen LogP contribution in [0, 0.1) is 11.2 Å². The predicted octanol–water partition coefficient (Wildman–Crippen LogP) is 3.20. The maximum Gasteiger partial charge on any atom is 0.226 e. The highest BCUT2D eigenvalue weighted by Crippen LogP contribution is 2.35. The van der Waals surface area contributed by atoms with E-state index >= 15 is 0 Å². The van der Waals surface area contributed by atoms with Crippen LogP contribution in [0.25, 0.3) is 0 Å². The second-order valence-electron chi connectivity index (χ2n) is 8.82. The molecule has 7 nitrogen and oxygen atoms in total. The molecular formula is C23H28ClFN4O3. The zero-order valence-corrected chi connectivity index (χ0v) is 18.8. The fraction of sp³-hybridized carbons (Fsp3) is 0.522. The Morgan fingerprint density at radius 2 is 2.19 bits per heavy atom. The van der Waals surface area contributed by atoms with E-state index in [1.54, 1.807) is 6.07 Å². The van der Waals surface area contributed by atoms with Gasteiger partial charge in [0.15, 0.2) is 0 Å². The van der Waals surface area contributed by atoms with Crippen LogP contribution in [-0.4, -0.2) is 46.8 Å². The summed E-state index contributed by atoms with van der Waals surface area (Å²) in [6.07, 6.45) is 5.45. The van der Waals surface area contributed by atoms with Crippen molar-refractivity contribution in [3.63, 3.8) is 0 Å². The van der Waals surface area contributed by atoms with Gasteiger partial charge in [-0.3, -0.25) is 4.79 Å². The number of benzene rings is 1. The predicted molar refractivity (Wildman–Crippen MR) is 119 cm³/mol. The van der Waals surface area contributed by atoms with E-state index in [1.165, 1.54) is 12.1 Å². The van der Waals surface area contributed by atoms with E-state index in [1.807, 2.05) is 13.1 Å². The van der Waals surface area contributed by atoms with Gasteiger partial charge in [-0.1, -0.05) is 24.6 Å². The van der Waals surface area contributed by atoms with Crippen LogP contribution in [0.4, 0.5) is 10.3 Å². The second kappa shape index (κ2) is 9.68. The molecule has 1 aliphatic carbocycles. The van der Waals surface area contributed by atoms with E-state index in [2.05, 4.69) is 15.6 Å². The number of aryl methyl sites for hydroxylation is 1. The van der Waals surface area contributed by atoms with Gasteiger partial charge in [0.05, 0.1) is 28.8 Å². The van der Waals surface area contributed by atoms with E-state index in [9.17, 15) is 14.3 Å². The number of carbonyl (C=O) groups excluding carboxylic acids is 1. The van der Waals surface area contributed by atoms with Crippen LogP contribution in [-0.2, 0) is 22.4 Å². The van der Waals surface area contributed by atoms with Crippen molar-refractivity contribution in [3.8, 4) is 0 Å². The molecule has 172 valence electrons. The Hall–Kier alpha value is -2.29. The number of ether oxygens (including phenoxy) is 1. The van der Waals surface area contributed by atoms with Gasteiger partial charge in [-0.15, -0.1) is 0 Å². The van der Waals surface area contributed by atoms with Gasteiger partial charge >= 0.3 is 0 Å². The molecule has 2 atom stereocenters. The monoisotopic (exact) mass is 462 g/mol. The minimum Gasteiger partial charge on any atom is -0.394 e. The van der Waals surface area contributed by atoms with Crippen molar-refractivity contribution in [2.24, 2.45) is 5.41 Å². The lowest BCUT2D eigenvalue weighted by atomic mass is 9.74. The third-order valence-electron chi connectivity index (χ3n) is 6.39. The zero-order chi connectivity index (χ0) is 22.7. The summed E-state index contributed by atoms with van der Waals surface area (Å²) in [5.74, 6) is -0.212. The first-order valence-electron chi connectivity index (χ1n) is 10.9. The lowest BCUT2D eigenvalue weighted by molar-refractivity contribution is -0.132. The fourth-order valence-electron chi connectivity index (χ4n) is 4.26. The number of anilines is 1. The average Bonchev–Trinajstić information content (AvgIpc) is 2.79. The van der Waals surface area contributed by atoms with Crippen LogP contribution >= 0.6 is 11.6 Å². The third-order valence-corrected chi connectivity index (χ3v) is 6.70. The number of hydrogen-bond acceptors (Lipinski definition) is 6. The van der Waals surface area contributed by atoms with Gasteiger partial charge in [-0.05, 0) is 48.9 Å². The molecule has 1 amide bonds. The third kappa shape index (κ3) is 5.03. The molecule has 9 heteroatoms. The van der Waals surface area contributed by atoms with E-state index < -0.39 is 17.3 Å². The Balaban J connectivity index is 1.46. The molecule has 2 aromatic rings. The molecule has 0 saturated carbocycles. The molecule has 1 fully saturated rings. The largest absolute Gasteiger partial charge is 0.394 e. The van der Waals surface area contributed by atoms with Gasteiger partial charge in [0.1, 0.15) is 5.82 Å². The van der Waals surface area contributed by atoms with Crippen molar-refractivity contribution < 1.29 is 19.0 Å². The number of aliphatic hydroxyl groups is 1. The maximum atomic E-state index is 13.9. The Morgan fingerprint density at radius 1 is 1.41 bits per heavy atom. The number of fused-ring (bicyclic) bond motifs is 1. The number of amides is 1. The SMILES string of the molecule is CC1(C(=O)NC(CO)c2ccc(Cl)c(F)c2)CCc2cnc(NC3CCOCC3)nc2C1. The van der Waals surface area contributed by atoms with Gasteiger partial charge < -0.3 is 20.5 Å². The molecule has 1 aromatic heterocycles. The summed E-state index contributed by atoms with van der Waals surface area (Å²) in [5.41, 5.74) is 1.67. The normalized spacial score (nSPS) is 22.1. The first-order chi connectivity index (χ1) is 15.4. The number of aliphatic hydroxyl groups excluding tert-OH is 1. The molecule has 1 aliphatic heterocycles. The van der Waals surface area contributed by atoms with E-state index in [0.29, 0.717) is 30.8 Å². The smallest absolute Gasteiger partial charge is 0.226 e. The number of nitrogens with one attached hydrogen (secondary N) is 2. The summed E-state index contributed by atoms with van der Waals surface area (Å²) in [7, 11) is 0. The van der Waals surface area contributed by atoms with Crippen LogP contribution in [0.1, 0.15) is 49.0 Å². The molecule has 2 heterocycles. The first-order valence-corrected chi connectivity index (χ1v) is 11.3. The summed E-state index contributed by atoms with van der Waals surface area (Å²) in [6, 6.07) is 3.83. The Kier molecular flexibility index (Phi) is 6.93. The molecule has 0 bridgehead atoms. The number of rotatable bonds is 6. The van der Waals surface area contributed by atoms with Crippen molar-refractivity contribution in [3.05, 3.63) is 52.1 Å².